The van der Waals surface area contributed by atoms with E-state index in [2.05, 4.69) is 31.3 Å². The molecule has 1 N–H and O–H groups in total. The second-order valence-electron chi connectivity index (χ2n) is 5.28. The molecule has 0 aliphatic carbocycles. The van der Waals surface area contributed by atoms with E-state index in [9.17, 15) is 4.79 Å². The summed E-state index contributed by atoms with van der Waals surface area (Å²) < 4.78 is 7.66. The molecule has 0 atom stereocenters. The minimum absolute atomic E-state index is 0.164. The SMILES string of the molecule is COc1ccc(Br)c(C(=O)NCCn2ccc(-c3ccccn3)n2)c1. The molecule has 0 radical (unpaired) electrons. The average Bonchev–Trinajstić information content (AvgIpc) is 3.11. The molecule has 128 valence electrons. The highest BCUT2D eigenvalue weighted by Crippen LogP contribution is 2.22. The van der Waals surface area contributed by atoms with Crippen LogP contribution in [0.1, 0.15) is 10.4 Å². The van der Waals surface area contributed by atoms with Crippen molar-refractivity contribution >= 4 is 21.8 Å². The fourth-order valence-electron chi connectivity index (χ4n) is 2.32. The van der Waals surface area contributed by atoms with Crippen LogP contribution in [0.3, 0.4) is 0 Å². The number of halogens is 1. The van der Waals surface area contributed by atoms with Crippen molar-refractivity contribution in [3.05, 3.63) is 64.9 Å². The highest BCUT2D eigenvalue weighted by atomic mass is 79.9. The van der Waals surface area contributed by atoms with E-state index < -0.39 is 0 Å². The molecule has 0 saturated heterocycles. The normalized spacial score (nSPS) is 10.5. The highest BCUT2D eigenvalue weighted by Gasteiger charge is 2.11. The van der Waals surface area contributed by atoms with Crippen LogP contribution in [0.2, 0.25) is 0 Å². The van der Waals surface area contributed by atoms with Crippen LogP contribution in [-0.4, -0.2) is 34.3 Å². The van der Waals surface area contributed by atoms with Gasteiger partial charge < -0.3 is 10.1 Å². The van der Waals surface area contributed by atoms with Crippen molar-refractivity contribution in [3.8, 4) is 17.1 Å². The van der Waals surface area contributed by atoms with Gasteiger partial charge in [0.15, 0.2) is 0 Å². The molecule has 0 fully saturated rings. The third-order valence-corrected chi connectivity index (χ3v) is 4.30. The summed E-state index contributed by atoms with van der Waals surface area (Å²) in [6.45, 7) is 1.03. The number of aromatic nitrogens is 3. The maximum absolute atomic E-state index is 12.3. The number of carbonyl (C=O) groups excluding carboxylic acids is 1. The number of amides is 1. The van der Waals surface area contributed by atoms with E-state index in [0.29, 0.717) is 24.4 Å². The lowest BCUT2D eigenvalue weighted by molar-refractivity contribution is 0.0951. The first-order valence-corrected chi connectivity index (χ1v) is 8.53. The predicted molar refractivity (Wildman–Crippen MR) is 98.5 cm³/mol. The van der Waals surface area contributed by atoms with Crippen LogP contribution in [0.15, 0.2) is 59.3 Å². The second kappa shape index (κ2) is 7.94. The van der Waals surface area contributed by atoms with Crippen molar-refractivity contribution in [2.45, 2.75) is 6.54 Å². The zero-order chi connectivity index (χ0) is 17.6. The largest absolute Gasteiger partial charge is 0.497 e. The maximum Gasteiger partial charge on any atom is 0.252 e. The molecule has 0 saturated carbocycles. The first-order valence-electron chi connectivity index (χ1n) is 7.74. The van der Waals surface area contributed by atoms with E-state index in [0.717, 1.165) is 15.9 Å². The molecule has 25 heavy (non-hydrogen) atoms. The van der Waals surface area contributed by atoms with E-state index in [-0.39, 0.29) is 5.91 Å². The van der Waals surface area contributed by atoms with E-state index in [1.807, 2.05) is 30.5 Å². The minimum Gasteiger partial charge on any atom is -0.497 e. The molecule has 6 nitrogen and oxygen atoms in total. The molecule has 3 rings (SSSR count). The number of nitrogens with zero attached hydrogens (tertiary/aromatic N) is 3. The molecule has 1 amide bonds. The van der Waals surface area contributed by atoms with Gasteiger partial charge in [-0.3, -0.25) is 14.5 Å². The number of ether oxygens (including phenoxy) is 1. The number of hydrogen-bond acceptors (Lipinski definition) is 4. The predicted octanol–water partition coefficient (Wildman–Crippen LogP) is 3.15. The van der Waals surface area contributed by atoms with Crippen LogP contribution < -0.4 is 10.1 Å². The van der Waals surface area contributed by atoms with Gasteiger partial charge in [-0.25, -0.2) is 0 Å². The molecule has 0 aliphatic heterocycles. The lowest BCUT2D eigenvalue weighted by Gasteiger charge is -2.09. The van der Waals surface area contributed by atoms with Gasteiger partial charge in [0.1, 0.15) is 11.4 Å². The molecule has 2 aromatic heterocycles. The van der Waals surface area contributed by atoms with Crippen molar-refractivity contribution in [2.24, 2.45) is 0 Å². The van der Waals surface area contributed by atoms with E-state index >= 15 is 0 Å². The van der Waals surface area contributed by atoms with Crippen molar-refractivity contribution in [3.63, 3.8) is 0 Å². The summed E-state index contributed by atoms with van der Waals surface area (Å²) in [6, 6.07) is 12.9. The van der Waals surface area contributed by atoms with Gasteiger partial charge in [-0.1, -0.05) is 6.07 Å². The van der Waals surface area contributed by atoms with Gasteiger partial charge >= 0.3 is 0 Å². The van der Waals surface area contributed by atoms with Crippen molar-refractivity contribution in [1.82, 2.24) is 20.1 Å². The molecular weight excluding hydrogens is 384 g/mol. The van der Waals surface area contributed by atoms with Gasteiger partial charge in [-0.15, -0.1) is 0 Å². The van der Waals surface area contributed by atoms with Gasteiger partial charge in [0, 0.05) is 23.4 Å². The Morgan fingerprint density at radius 2 is 2.12 bits per heavy atom. The van der Waals surface area contributed by atoms with Crippen LogP contribution >= 0.6 is 15.9 Å². The second-order valence-corrected chi connectivity index (χ2v) is 6.14. The van der Waals surface area contributed by atoms with Crippen LogP contribution in [-0.2, 0) is 6.54 Å². The number of rotatable bonds is 6. The Hall–Kier alpha value is -2.67. The minimum atomic E-state index is -0.164. The number of carbonyl (C=O) groups is 1. The third kappa shape index (κ3) is 4.24. The first-order chi connectivity index (χ1) is 12.2. The van der Waals surface area contributed by atoms with Gasteiger partial charge in [0.05, 0.1) is 24.9 Å². The molecule has 7 heteroatoms. The lowest BCUT2D eigenvalue weighted by atomic mass is 10.2. The molecule has 0 spiro atoms. The van der Waals surface area contributed by atoms with E-state index in [1.165, 1.54) is 0 Å². The number of hydrogen-bond donors (Lipinski definition) is 1. The molecular formula is C18H17BrN4O2. The lowest BCUT2D eigenvalue weighted by Crippen LogP contribution is -2.27. The Balaban J connectivity index is 1.58. The molecule has 0 aliphatic rings. The number of benzene rings is 1. The average molecular weight is 401 g/mol. The summed E-state index contributed by atoms with van der Waals surface area (Å²) >= 11 is 3.39. The van der Waals surface area contributed by atoms with Crippen LogP contribution in [0.5, 0.6) is 5.75 Å². The fraction of sp³-hybridized carbons (Fsp3) is 0.167. The van der Waals surface area contributed by atoms with Gasteiger partial charge in [-0.2, -0.15) is 5.10 Å². The third-order valence-electron chi connectivity index (χ3n) is 3.61. The van der Waals surface area contributed by atoms with Crippen molar-refractivity contribution < 1.29 is 9.53 Å². The van der Waals surface area contributed by atoms with Gasteiger partial charge in [0.25, 0.3) is 5.91 Å². The van der Waals surface area contributed by atoms with Crippen molar-refractivity contribution in [1.29, 1.82) is 0 Å². The first kappa shape index (κ1) is 17.2. The Bertz CT molecular complexity index is 865. The summed E-state index contributed by atoms with van der Waals surface area (Å²) in [5, 5.41) is 7.36. The molecule has 0 unspecified atom stereocenters. The number of pyridine rings is 1. The van der Waals surface area contributed by atoms with Crippen molar-refractivity contribution in [2.75, 3.05) is 13.7 Å². The van der Waals surface area contributed by atoms with Crippen LogP contribution in [0.4, 0.5) is 0 Å². The molecule has 0 bridgehead atoms. The number of methoxy groups -OCH3 is 1. The maximum atomic E-state index is 12.3. The molecule has 2 heterocycles. The topological polar surface area (TPSA) is 69.0 Å². The fourth-order valence-corrected chi connectivity index (χ4v) is 2.75. The Morgan fingerprint density at radius 3 is 2.88 bits per heavy atom. The summed E-state index contributed by atoms with van der Waals surface area (Å²) in [5.74, 6) is 0.475. The van der Waals surface area contributed by atoms with Gasteiger partial charge in [-0.05, 0) is 52.3 Å². The Morgan fingerprint density at radius 1 is 1.24 bits per heavy atom. The smallest absolute Gasteiger partial charge is 0.252 e. The number of nitrogens with one attached hydrogen (secondary N) is 1. The van der Waals surface area contributed by atoms with Crippen LogP contribution in [0.25, 0.3) is 11.4 Å². The zero-order valence-corrected chi connectivity index (χ0v) is 15.2. The standard InChI is InChI=1S/C18H17BrN4O2/c1-25-13-5-6-15(19)14(12-13)18(24)21-9-11-23-10-7-17(22-23)16-4-2-3-8-20-16/h2-8,10,12H,9,11H2,1H3,(H,21,24). The zero-order valence-electron chi connectivity index (χ0n) is 13.6. The monoisotopic (exact) mass is 400 g/mol. The summed E-state index contributed by atoms with van der Waals surface area (Å²) in [4.78, 5) is 16.6. The summed E-state index contributed by atoms with van der Waals surface area (Å²) in [6.07, 6.45) is 3.61. The molecule has 1 aromatic carbocycles. The summed E-state index contributed by atoms with van der Waals surface area (Å²) in [5.41, 5.74) is 2.17. The quantitative estimate of drug-likeness (QED) is 0.689. The Kier molecular flexibility index (Phi) is 5.45. The van der Waals surface area contributed by atoms with Gasteiger partial charge in [0.2, 0.25) is 0 Å². The highest BCUT2D eigenvalue weighted by molar-refractivity contribution is 9.10. The molecule has 3 aromatic rings. The van der Waals surface area contributed by atoms with Crippen LogP contribution in [0, 0.1) is 0 Å². The Labute approximate surface area is 154 Å². The van der Waals surface area contributed by atoms with E-state index in [1.54, 1.807) is 36.2 Å². The van der Waals surface area contributed by atoms with E-state index in [4.69, 9.17) is 4.74 Å². The summed E-state index contributed by atoms with van der Waals surface area (Å²) in [7, 11) is 1.57.